The maximum Gasteiger partial charge on any atom is 0.0181 e. The number of rotatable bonds is 3. The second-order valence-electron chi connectivity index (χ2n) is 4.04. The molecule has 2 rings (SSSR count). The van der Waals surface area contributed by atoms with Crippen molar-refractivity contribution < 1.29 is 0 Å². The molecule has 0 amide bonds. The van der Waals surface area contributed by atoms with E-state index >= 15 is 0 Å². The minimum Gasteiger partial charge on any atom is -0.326 e. The Balaban J connectivity index is 2.37. The van der Waals surface area contributed by atoms with E-state index in [0.717, 1.165) is 0 Å². The highest BCUT2D eigenvalue weighted by molar-refractivity contribution is 5.37. The van der Waals surface area contributed by atoms with E-state index in [1.807, 2.05) is 12.1 Å². The van der Waals surface area contributed by atoms with Gasteiger partial charge in [-0.3, -0.25) is 0 Å². The number of hydrogen-bond donors (Lipinski definition) is 1. The quantitative estimate of drug-likeness (QED) is 0.828. The fraction of sp³-hybridized carbons (Fsp3) is 0.200. The van der Waals surface area contributed by atoms with Crippen LogP contribution in [0.4, 0.5) is 0 Å². The van der Waals surface area contributed by atoms with Gasteiger partial charge in [-0.15, -0.1) is 0 Å². The van der Waals surface area contributed by atoms with E-state index in [-0.39, 0.29) is 0 Å². The SMILES string of the molecule is CC(c1ccccc1)c1ccccc1CN. The highest BCUT2D eigenvalue weighted by Crippen LogP contribution is 2.26. The number of benzene rings is 2. The summed E-state index contributed by atoms with van der Waals surface area (Å²) in [7, 11) is 0. The molecule has 0 saturated carbocycles. The normalized spacial score (nSPS) is 12.4. The molecule has 1 nitrogen and oxygen atoms in total. The first kappa shape index (κ1) is 10.9. The van der Waals surface area contributed by atoms with Gasteiger partial charge >= 0.3 is 0 Å². The van der Waals surface area contributed by atoms with Crippen LogP contribution in [0.3, 0.4) is 0 Å². The zero-order valence-electron chi connectivity index (χ0n) is 9.56. The van der Waals surface area contributed by atoms with E-state index in [1.165, 1.54) is 16.7 Å². The fourth-order valence-corrected chi connectivity index (χ4v) is 2.06. The molecule has 2 aromatic carbocycles. The van der Waals surface area contributed by atoms with E-state index in [1.54, 1.807) is 0 Å². The van der Waals surface area contributed by atoms with Crippen LogP contribution in [-0.4, -0.2) is 0 Å². The molecule has 0 aliphatic heterocycles. The summed E-state index contributed by atoms with van der Waals surface area (Å²) in [6, 6.07) is 18.9. The largest absolute Gasteiger partial charge is 0.326 e. The molecule has 0 spiro atoms. The molecule has 0 saturated heterocycles. The van der Waals surface area contributed by atoms with Crippen LogP contribution in [0.1, 0.15) is 29.5 Å². The average Bonchev–Trinajstić information content (AvgIpc) is 2.39. The Hall–Kier alpha value is -1.60. The van der Waals surface area contributed by atoms with Crippen LogP contribution in [0.25, 0.3) is 0 Å². The van der Waals surface area contributed by atoms with Crippen molar-refractivity contribution in [3.8, 4) is 0 Å². The van der Waals surface area contributed by atoms with Gasteiger partial charge in [0, 0.05) is 12.5 Å². The lowest BCUT2D eigenvalue weighted by Crippen LogP contribution is -2.05. The second kappa shape index (κ2) is 4.95. The summed E-state index contributed by atoms with van der Waals surface area (Å²) in [6.07, 6.45) is 0. The standard InChI is InChI=1S/C15H17N/c1-12(13-7-3-2-4-8-13)15-10-6-5-9-14(15)11-16/h2-10,12H,11,16H2,1H3. The summed E-state index contributed by atoms with van der Waals surface area (Å²) in [5.74, 6) is 0.404. The van der Waals surface area contributed by atoms with Gasteiger partial charge in [0.1, 0.15) is 0 Å². The molecular formula is C15H17N. The minimum atomic E-state index is 0.404. The highest BCUT2D eigenvalue weighted by Gasteiger charge is 2.10. The topological polar surface area (TPSA) is 26.0 Å². The van der Waals surface area contributed by atoms with Gasteiger partial charge in [0.15, 0.2) is 0 Å². The van der Waals surface area contributed by atoms with Crippen LogP contribution in [0.5, 0.6) is 0 Å². The van der Waals surface area contributed by atoms with Crippen molar-refractivity contribution in [1.29, 1.82) is 0 Å². The Labute approximate surface area is 96.9 Å². The van der Waals surface area contributed by atoms with Gasteiger partial charge in [0.2, 0.25) is 0 Å². The Morgan fingerprint density at radius 2 is 1.56 bits per heavy atom. The molecule has 2 N–H and O–H groups in total. The third-order valence-electron chi connectivity index (χ3n) is 3.04. The van der Waals surface area contributed by atoms with Gasteiger partial charge in [-0.25, -0.2) is 0 Å². The maximum atomic E-state index is 5.77. The summed E-state index contributed by atoms with van der Waals surface area (Å²) in [5, 5.41) is 0. The third kappa shape index (κ3) is 2.15. The molecule has 0 aromatic heterocycles. The second-order valence-corrected chi connectivity index (χ2v) is 4.04. The monoisotopic (exact) mass is 211 g/mol. The molecule has 2 aromatic rings. The van der Waals surface area contributed by atoms with Crippen LogP contribution in [0.15, 0.2) is 54.6 Å². The first-order chi connectivity index (χ1) is 7.83. The number of nitrogens with two attached hydrogens (primary N) is 1. The molecule has 0 aliphatic rings. The summed E-state index contributed by atoms with van der Waals surface area (Å²) < 4.78 is 0. The van der Waals surface area contributed by atoms with Crippen LogP contribution in [-0.2, 0) is 6.54 Å². The van der Waals surface area contributed by atoms with E-state index in [9.17, 15) is 0 Å². The lowest BCUT2D eigenvalue weighted by atomic mass is 9.90. The lowest BCUT2D eigenvalue weighted by molar-refractivity contribution is 0.886. The predicted molar refractivity (Wildman–Crippen MR) is 68.3 cm³/mol. The fourth-order valence-electron chi connectivity index (χ4n) is 2.06. The Kier molecular flexibility index (Phi) is 3.37. The molecule has 0 radical (unpaired) electrons. The molecule has 1 unspecified atom stereocenters. The average molecular weight is 211 g/mol. The first-order valence-corrected chi connectivity index (χ1v) is 5.65. The summed E-state index contributed by atoms with van der Waals surface area (Å²) in [6.45, 7) is 2.83. The van der Waals surface area contributed by atoms with Crippen molar-refractivity contribution in [2.45, 2.75) is 19.4 Å². The molecule has 0 fully saturated rings. The van der Waals surface area contributed by atoms with E-state index in [2.05, 4.69) is 49.4 Å². The number of hydrogen-bond acceptors (Lipinski definition) is 1. The van der Waals surface area contributed by atoms with E-state index in [0.29, 0.717) is 12.5 Å². The van der Waals surface area contributed by atoms with Crippen molar-refractivity contribution >= 4 is 0 Å². The van der Waals surface area contributed by atoms with Crippen LogP contribution < -0.4 is 5.73 Å². The molecule has 16 heavy (non-hydrogen) atoms. The van der Waals surface area contributed by atoms with Crippen LogP contribution in [0.2, 0.25) is 0 Å². The summed E-state index contributed by atoms with van der Waals surface area (Å²) in [4.78, 5) is 0. The van der Waals surface area contributed by atoms with Crippen molar-refractivity contribution in [3.63, 3.8) is 0 Å². The van der Waals surface area contributed by atoms with Crippen molar-refractivity contribution in [2.75, 3.05) is 0 Å². The maximum absolute atomic E-state index is 5.77. The first-order valence-electron chi connectivity index (χ1n) is 5.65. The van der Waals surface area contributed by atoms with Gasteiger partial charge in [0.25, 0.3) is 0 Å². The van der Waals surface area contributed by atoms with Gasteiger partial charge < -0.3 is 5.73 Å². The Morgan fingerprint density at radius 3 is 2.25 bits per heavy atom. The molecule has 0 bridgehead atoms. The molecule has 1 heteroatoms. The van der Waals surface area contributed by atoms with Crippen LogP contribution in [0, 0.1) is 0 Å². The molecule has 1 atom stereocenters. The molecule has 0 aliphatic carbocycles. The Bertz CT molecular complexity index is 448. The molecular weight excluding hydrogens is 194 g/mol. The van der Waals surface area contributed by atoms with Gasteiger partial charge in [-0.2, -0.15) is 0 Å². The van der Waals surface area contributed by atoms with Crippen molar-refractivity contribution in [2.24, 2.45) is 5.73 Å². The predicted octanol–water partition coefficient (Wildman–Crippen LogP) is 3.30. The summed E-state index contributed by atoms with van der Waals surface area (Å²) in [5.41, 5.74) is 9.67. The third-order valence-corrected chi connectivity index (χ3v) is 3.04. The minimum absolute atomic E-state index is 0.404. The van der Waals surface area contributed by atoms with Crippen molar-refractivity contribution in [1.82, 2.24) is 0 Å². The molecule has 0 heterocycles. The van der Waals surface area contributed by atoms with Gasteiger partial charge in [0.05, 0.1) is 0 Å². The van der Waals surface area contributed by atoms with Crippen molar-refractivity contribution in [3.05, 3.63) is 71.3 Å². The van der Waals surface area contributed by atoms with Crippen LogP contribution >= 0.6 is 0 Å². The van der Waals surface area contributed by atoms with Gasteiger partial charge in [-0.05, 0) is 16.7 Å². The highest BCUT2D eigenvalue weighted by atomic mass is 14.5. The van der Waals surface area contributed by atoms with E-state index in [4.69, 9.17) is 5.73 Å². The molecule has 82 valence electrons. The van der Waals surface area contributed by atoms with E-state index < -0.39 is 0 Å². The smallest absolute Gasteiger partial charge is 0.0181 e. The van der Waals surface area contributed by atoms with Gasteiger partial charge in [-0.1, -0.05) is 61.5 Å². The lowest BCUT2D eigenvalue weighted by Gasteiger charge is -2.16. The summed E-state index contributed by atoms with van der Waals surface area (Å²) >= 11 is 0. The Morgan fingerprint density at radius 1 is 0.938 bits per heavy atom. The zero-order valence-corrected chi connectivity index (χ0v) is 9.56. The zero-order chi connectivity index (χ0) is 11.4.